The number of halogens is 2. The van der Waals surface area contributed by atoms with Crippen LogP contribution in [0.5, 0.6) is 11.5 Å². The molecule has 164 valence electrons. The molecule has 32 heavy (non-hydrogen) atoms. The van der Waals surface area contributed by atoms with Crippen LogP contribution in [0.15, 0.2) is 71.5 Å². The monoisotopic (exact) mass is 497 g/mol. The molecule has 0 saturated heterocycles. The molecule has 0 unspecified atom stereocenters. The van der Waals surface area contributed by atoms with Gasteiger partial charge in [0.25, 0.3) is 0 Å². The minimum absolute atomic E-state index is 0.0542. The Balaban J connectivity index is 1.56. The Labute approximate surface area is 193 Å². The Bertz CT molecular complexity index is 1150. The summed E-state index contributed by atoms with van der Waals surface area (Å²) in [4.78, 5) is 29.8. The third-order valence-corrected chi connectivity index (χ3v) is 4.95. The fourth-order valence-corrected chi connectivity index (χ4v) is 3.26. The lowest BCUT2D eigenvalue weighted by atomic mass is 10.2. The lowest BCUT2D eigenvalue weighted by Crippen LogP contribution is -2.34. The summed E-state index contributed by atoms with van der Waals surface area (Å²) in [5.74, 6) is -0.797. The van der Waals surface area contributed by atoms with Gasteiger partial charge < -0.3 is 15.0 Å². The molecule has 3 rings (SSSR count). The molecule has 0 spiro atoms. The van der Waals surface area contributed by atoms with Gasteiger partial charge in [0.2, 0.25) is 11.8 Å². The summed E-state index contributed by atoms with van der Waals surface area (Å²) in [6, 6.07) is 13.2. The number of rotatable bonds is 7. The van der Waals surface area contributed by atoms with E-state index in [0.717, 1.165) is 10.0 Å². The number of hydrogen-bond acceptors (Lipinski definition) is 4. The van der Waals surface area contributed by atoms with Crippen LogP contribution >= 0.6 is 15.9 Å². The van der Waals surface area contributed by atoms with Gasteiger partial charge in [-0.2, -0.15) is 0 Å². The third kappa shape index (κ3) is 6.49. The number of likely N-dealkylation sites (N-methyl/N-ethyl adjacent to an activating group) is 1. The summed E-state index contributed by atoms with van der Waals surface area (Å²) in [6.07, 6.45) is 5.84. The largest absolute Gasteiger partial charge is 0.453 e. The summed E-state index contributed by atoms with van der Waals surface area (Å²) >= 11 is 3.38. The molecule has 2 aromatic carbocycles. The molecular weight excluding hydrogens is 477 g/mol. The summed E-state index contributed by atoms with van der Waals surface area (Å²) < 4.78 is 20.7. The molecule has 1 aromatic heterocycles. The second-order valence-electron chi connectivity index (χ2n) is 7.02. The Morgan fingerprint density at radius 2 is 2.03 bits per heavy atom. The van der Waals surface area contributed by atoms with E-state index < -0.39 is 5.82 Å². The van der Waals surface area contributed by atoms with E-state index in [1.54, 1.807) is 30.5 Å². The lowest BCUT2D eigenvalue weighted by Gasteiger charge is -2.15. The molecule has 0 radical (unpaired) electrons. The van der Waals surface area contributed by atoms with Crippen LogP contribution in [0, 0.1) is 12.7 Å². The van der Waals surface area contributed by atoms with Crippen LogP contribution in [0.1, 0.15) is 11.1 Å². The minimum atomic E-state index is -0.568. The topological polar surface area (TPSA) is 71.5 Å². The van der Waals surface area contributed by atoms with Crippen molar-refractivity contribution in [3.63, 3.8) is 0 Å². The van der Waals surface area contributed by atoms with E-state index in [4.69, 9.17) is 4.74 Å². The molecule has 0 atom stereocenters. The van der Waals surface area contributed by atoms with Gasteiger partial charge >= 0.3 is 0 Å². The number of hydrogen-bond donors (Lipinski definition) is 1. The van der Waals surface area contributed by atoms with Gasteiger partial charge in [-0.05, 0) is 66.6 Å². The van der Waals surface area contributed by atoms with Crippen molar-refractivity contribution in [1.29, 1.82) is 0 Å². The molecule has 0 aliphatic heterocycles. The summed E-state index contributed by atoms with van der Waals surface area (Å²) in [5.41, 5.74) is 2.07. The second-order valence-corrected chi connectivity index (χ2v) is 7.93. The summed E-state index contributed by atoms with van der Waals surface area (Å²) in [5, 5.41) is 2.78. The van der Waals surface area contributed by atoms with Gasteiger partial charge in [-0.1, -0.05) is 22.0 Å². The predicted octanol–water partition coefficient (Wildman–Crippen LogP) is 5.19. The van der Waals surface area contributed by atoms with E-state index in [0.29, 0.717) is 17.0 Å². The predicted molar refractivity (Wildman–Crippen MR) is 125 cm³/mol. The van der Waals surface area contributed by atoms with E-state index in [9.17, 15) is 14.0 Å². The molecule has 6 nitrogen and oxygen atoms in total. The van der Waals surface area contributed by atoms with Crippen molar-refractivity contribution < 1.29 is 18.7 Å². The van der Waals surface area contributed by atoms with Crippen molar-refractivity contribution in [2.45, 2.75) is 6.92 Å². The highest BCUT2D eigenvalue weighted by Gasteiger charge is 2.12. The number of nitrogens with one attached hydrogen (secondary N) is 1. The third-order valence-electron chi connectivity index (χ3n) is 4.46. The summed E-state index contributed by atoms with van der Waals surface area (Å²) in [6.45, 7) is 1.76. The maximum absolute atomic E-state index is 14.3. The fraction of sp³-hybridized carbons (Fsp3) is 0.125. The van der Waals surface area contributed by atoms with Gasteiger partial charge in [0.1, 0.15) is 5.75 Å². The summed E-state index contributed by atoms with van der Waals surface area (Å²) in [7, 11) is 1.52. The Kier molecular flexibility index (Phi) is 7.72. The second kappa shape index (κ2) is 10.7. The normalized spacial score (nSPS) is 10.8. The molecule has 2 amide bonds. The van der Waals surface area contributed by atoms with Crippen molar-refractivity contribution in [2.75, 3.05) is 18.9 Å². The van der Waals surface area contributed by atoms with E-state index in [1.165, 1.54) is 42.4 Å². The smallest absolute Gasteiger partial charge is 0.246 e. The standard InChI is InChI=1S/C24H21BrFN3O3/c1-16-12-18(25)7-8-21(16)28-23(30)15-29(2)24(31)10-6-17-5-9-22(20(26)13-17)32-19-4-3-11-27-14-19/h3-14H,15H2,1-2H3,(H,28,30)/b10-6+. The van der Waals surface area contributed by atoms with Gasteiger partial charge in [0.15, 0.2) is 11.6 Å². The maximum Gasteiger partial charge on any atom is 0.246 e. The lowest BCUT2D eigenvalue weighted by molar-refractivity contribution is -0.129. The molecule has 0 aliphatic rings. The van der Waals surface area contributed by atoms with Crippen LogP contribution < -0.4 is 10.1 Å². The first-order valence-corrected chi connectivity index (χ1v) is 10.5. The average molecular weight is 498 g/mol. The zero-order valence-corrected chi connectivity index (χ0v) is 19.1. The number of pyridine rings is 1. The van der Waals surface area contributed by atoms with Crippen molar-refractivity contribution in [3.05, 3.63) is 88.4 Å². The number of aromatic nitrogens is 1. The van der Waals surface area contributed by atoms with E-state index in [2.05, 4.69) is 26.2 Å². The number of nitrogens with zero attached hydrogens (tertiary/aromatic N) is 2. The Hall–Kier alpha value is -3.52. The fourth-order valence-electron chi connectivity index (χ4n) is 2.78. The molecule has 1 heterocycles. The number of amides is 2. The van der Waals surface area contributed by atoms with Gasteiger partial charge in [0.05, 0.1) is 12.7 Å². The molecule has 1 N–H and O–H groups in total. The number of aryl methyl sites for hydroxylation is 1. The van der Waals surface area contributed by atoms with Crippen LogP contribution in [0.4, 0.5) is 10.1 Å². The quantitative estimate of drug-likeness (QED) is 0.455. The molecule has 0 bridgehead atoms. The van der Waals surface area contributed by atoms with Gasteiger partial charge in [-0.25, -0.2) is 4.39 Å². The Morgan fingerprint density at radius 3 is 2.72 bits per heavy atom. The number of carbonyl (C=O) groups is 2. The van der Waals surface area contributed by atoms with Crippen LogP contribution in [0.2, 0.25) is 0 Å². The molecule has 3 aromatic rings. The van der Waals surface area contributed by atoms with Gasteiger partial charge in [-0.15, -0.1) is 0 Å². The molecule has 0 saturated carbocycles. The highest BCUT2D eigenvalue weighted by atomic mass is 79.9. The zero-order chi connectivity index (χ0) is 23.1. The molecule has 0 fully saturated rings. The van der Waals surface area contributed by atoms with E-state index >= 15 is 0 Å². The van der Waals surface area contributed by atoms with Crippen molar-refractivity contribution >= 4 is 39.5 Å². The first-order chi connectivity index (χ1) is 15.3. The van der Waals surface area contributed by atoms with Gasteiger partial charge in [0, 0.05) is 29.5 Å². The minimum Gasteiger partial charge on any atom is -0.453 e. The van der Waals surface area contributed by atoms with Crippen molar-refractivity contribution in [1.82, 2.24) is 9.88 Å². The van der Waals surface area contributed by atoms with Gasteiger partial charge in [-0.3, -0.25) is 14.6 Å². The zero-order valence-electron chi connectivity index (χ0n) is 17.5. The van der Waals surface area contributed by atoms with E-state index in [-0.39, 0.29) is 24.1 Å². The number of benzene rings is 2. The van der Waals surface area contributed by atoms with Crippen LogP contribution in [0.25, 0.3) is 6.08 Å². The SMILES string of the molecule is Cc1cc(Br)ccc1NC(=O)CN(C)C(=O)/C=C/c1ccc(Oc2cccnc2)c(F)c1. The Morgan fingerprint density at radius 1 is 1.22 bits per heavy atom. The van der Waals surface area contributed by atoms with Crippen LogP contribution in [-0.2, 0) is 9.59 Å². The van der Waals surface area contributed by atoms with E-state index in [1.807, 2.05) is 19.1 Å². The maximum atomic E-state index is 14.3. The first-order valence-electron chi connectivity index (χ1n) is 9.68. The van der Waals surface area contributed by atoms with Crippen molar-refractivity contribution in [3.8, 4) is 11.5 Å². The van der Waals surface area contributed by atoms with Crippen LogP contribution in [0.3, 0.4) is 0 Å². The molecule has 8 heteroatoms. The molecule has 0 aliphatic carbocycles. The van der Waals surface area contributed by atoms with Crippen LogP contribution in [-0.4, -0.2) is 35.3 Å². The van der Waals surface area contributed by atoms with Crippen molar-refractivity contribution in [2.24, 2.45) is 0 Å². The number of carbonyl (C=O) groups excluding carboxylic acids is 2. The highest BCUT2D eigenvalue weighted by Crippen LogP contribution is 2.25. The molecular formula is C24H21BrFN3O3. The highest BCUT2D eigenvalue weighted by molar-refractivity contribution is 9.10. The number of ether oxygens (including phenoxy) is 1. The first kappa shape index (κ1) is 23.1. The number of anilines is 1. The average Bonchev–Trinajstić information content (AvgIpc) is 2.76.